The van der Waals surface area contributed by atoms with Gasteiger partial charge in [0.15, 0.2) is 16.6 Å². The maximum atomic E-state index is 10.9. The molecule has 5 heteroatoms. The normalized spacial score (nSPS) is 29.3. The zero-order chi connectivity index (χ0) is 27.9. The minimum absolute atomic E-state index is 0.0641. The number of unbranched alkanes of at least 4 members (excludes halogenated alkanes) is 1. The molecule has 2 saturated carbocycles. The van der Waals surface area contributed by atoms with Gasteiger partial charge in [0.05, 0.1) is 18.3 Å². The molecule has 0 amide bonds. The molecule has 0 aromatic heterocycles. The molecule has 0 bridgehead atoms. The first-order valence-corrected chi connectivity index (χ1v) is 20.4. The first kappa shape index (κ1) is 32.0. The largest absolute Gasteiger partial charge is 0.413 e. The van der Waals surface area contributed by atoms with Crippen LogP contribution < -0.4 is 0 Å². The summed E-state index contributed by atoms with van der Waals surface area (Å²) < 4.78 is 14.2. The smallest absolute Gasteiger partial charge is 0.192 e. The lowest BCUT2D eigenvalue weighted by Gasteiger charge is -2.44. The van der Waals surface area contributed by atoms with Crippen LogP contribution in [-0.2, 0) is 8.85 Å². The Bertz CT molecular complexity index is 785. The summed E-state index contributed by atoms with van der Waals surface area (Å²) in [6.07, 6.45) is 10.1. The van der Waals surface area contributed by atoms with E-state index in [0.29, 0.717) is 11.8 Å². The van der Waals surface area contributed by atoms with Gasteiger partial charge in [-0.1, -0.05) is 93.9 Å². The molecular weight excluding hydrogens is 477 g/mol. The summed E-state index contributed by atoms with van der Waals surface area (Å²) in [5, 5.41) is 11.3. The topological polar surface area (TPSA) is 38.7 Å². The van der Waals surface area contributed by atoms with Crippen LogP contribution in [0, 0.1) is 23.2 Å². The van der Waals surface area contributed by atoms with Crippen molar-refractivity contribution in [1.29, 1.82) is 0 Å². The molecule has 36 heavy (non-hydrogen) atoms. The molecule has 2 aliphatic carbocycles. The molecule has 6 atom stereocenters. The molecule has 1 N–H and O–H groups in total. The molecule has 2 fully saturated rings. The average molecular weight is 537 g/mol. The van der Waals surface area contributed by atoms with Gasteiger partial charge in [0, 0.05) is 5.92 Å². The third-order valence-corrected chi connectivity index (χ3v) is 19.2. The Labute approximate surface area is 226 Å². The number of hydrogen-bond acceptors (Lipinski definition) is 3. The summed E-state index contributed by atoms with van der Waals surface area (Å²) in [4.78, 5) is 0. The lowest BCUT2D eigenvalue weighted by atomic mass is 9.80. The highest BCUT2D eigenvalue weighted by Crippen LogP contribution is 2.53. The van der Waals surface area contributed by atoms with Crippen molar-refractivity contribution in [2.45, 2.75) is 149 Å². The van der Waals surface area contributed by atoms with Crippen LogP contribution in [-0.4, -0.2) is 40.1 Å². The molecule has 2 aliphatic rings. The number of rotatable bonds is 10. The quantitative estimate of drug-likeness (QED) is 0.223. The van der Waals surface area contributed by atoms with Gasteiger partial charge in [0.25, 0.3) is 0 Å². The summed E-state index contributed by atoms with van der Waals surface area (Å²) in [6.45, 7) is 34.6. The van der Waals surface area contributed by atoms with Crippen molar-refractivity contribution in [2.75, 3.05) is 0 Å². The number of fused-ring (bicyclic) bond motifs is 1. The minimum Gasteiger partial charge on any atom is -0.413 e. The van der Waals surface area contributed by atoms with Crippen molar-refractivity contribution >= 4 is 16.6 Å². The van der Waals surface area contributed by atoms with Gasteiger partial charge >= 0.3 is 0 Å². The van der Waals surface area contributed by atoms with Crippen LogP contribution in [0.15, 0.2) is 24.3 Å². The fourth-order valence-corrected chi connectivity index (χ4v) is 8.19. The molecule has 0 aromatic rings. The lowest BCUT2D eigenvalue weighted by molar-refractivity contribution is 0.0881. The number of aliphatic hydroxyl groups excluding tert-OH is 1. The van der Waals surface area contributed by atoms with Crippen molar-refractivity contribution in [3.63, 3.8) is 0 Å². The molecule has 2 rings (SSSR count). The fraction of sp³-hybridized carbons (Fsp3) is 0.871. The Morgan fingerprint density at radius 3 is 2.03 bits per heavy atom. The van der Waals surface area contributed by atoms with E-state index in [1.807, 2.05) is 0 Å². The lowest BCUT2D eigenvalue weighted by Crippen LogP contribution is -2.47. The Morgan fingerprint density at radius 1 is 0.972 bits per heavy atom. The van der Waals surface area contributed by atoms with Crippen molar-refractivity contribution in [2.24, 2.45) is 23.2 Å². The predicted molar refractivity (Wildman–Crippen MR) is 161 cm³/mol. The molecule has 3 nitrogen and oxygen atoms in total. The van der Waals surface area contributed by atoms with E-state index in [4.69, 9.17) is 8.85 Å². The van der Waals surface area contributed by atoms with Crippen LogP contribution in [0.1, 0.15) is 94.4 Å². The Kier molecular flexibility index (Phi) is 9.88. The molecule has 210 valence electrons. The second kappa shape index (κ2) is 11.1. The van der Waals surface area contributed by atoms with Crippen LogP contribution in [0.5, 0.6) is 0 Å². The highest BCUT2D eigenvalue weighted by Gasteiger charge is 2.53. The fourth-order valence-electron chi connectivity index (χ4n) is 5.44. The highest BCUT2D eigenvalue weighted by molar-refractivity contribution is 6.74. The summed E-state index contributed by atoms with van der Waals surface area (Å²) in [5.74, 6) is 0.964. The van der Waals surface area contributed by atoms with Crippen LogP contribution >= 0.6 is 0 Å². The zero-order valence-corrected chi connectivity index (χ0v) is 28.1. The van der Waals surface area contributed by atoms with Crippen LogP contribution in [0.4, 0.5) is 0 Å². The van der Waals surface area contributed by atoms with Crippen LogP contribution in [0.25, 0.3) is 0 Å². The van der Waals surface area contributed by atoms with Gasteiger partial charge in [-0.3, -0.25) is 0 Å². The summed E-state index contributed by atoms with van der Waals surface area (Å²) in [7, 11) is -3.89. The first-order valence-electron chi connectivity index (χ1n) is 14.5. The molecule has 0 spiro atoms. The van der Waals surface area contributed by atoms with Gasteiger partial charge < -0.3 is 14.0 Å². The van der Waals surface area contributed by atoms with Gasteiger partial charge in [-0.05, 0) is 78.4 Å². The van der Waals surface area contributed by atoms with Crippen molar-refractivity contribution in [1.82, 2.24) is 0 Å². The third kappa shape index (κ3) is 7.05. The van der Waals surface area contributed by atoms with Crippen molar-refractivity contribution in [3.8, 4) is 0 Å². The zero-order valence-electron chi connectivity index (χ0n) is 26.1. The van der Waals surface area contributed by atoms with Crippen LogP contribution in [0.3, 0.4) is 0 Å². The standard InChI is InChI=1S/C31H60O3Si2/c1-15-16-19-31(9,10)27(34-36(13,14)30(6,7)8)18-17-23-24-20-22(2)28(32)25(24)21-26(23)33-35(11,12)29(3,4)5/h17-18,23-28,32H,2,15-16,19-21H2,1,3-14H3/b18-17+/t23-,24+,25-,26+,27?,28?/m0/s1. The summed E-state index contributed by atoms with van der Waals surface area (Å²) in [6, 6.07) is 0. The van der Waals surface area contributed by atoms with E-state index in [1.165, 1.54) is 12.8 Å². The highest BCUT2D eigenvalue weighted by atomic mass is 28.4. The average Bonchev–Trinajstić information content (AvgIpc) is 3.16. The molecule has 0 radical (unpaired) electrons. The Balaban J connectivity index is 2.43. The third-order valence-electron chi connectivity index (χ3n) is 10.2. The van der Waals surface area contributed by atoms with E-state index < -0.39 is 16.6 Å². The van der Waals surface area contributed by atoms with Crippen molar-refractivity contribution < 1.29 is 14.0 Å². The second-order valence-electron chi connectivity index (χ2n) is 15.6. The molecule has 0 saturated heterocycles. The van der Waals surface area contributed by atoms with Gasteiger partial charge in [-0.15, -0.1) is 0 Å². The molecular formula is C31H60O3Si2. The summed E-state index contributed by atoms with van der Waals surface area (Å²) >= 11 is 0. The van der Waals surface area contributed by atoms with Gasteiger partial charge in [0.1, 0.15) is 0 Å². The maximum absolute atomic E-state index is 10.9. The van der Waals surface area contributed by atoms with E-state index in [2.05, 4.69) is 107 Å². The molecule has 2 unspecified atom stereocenters. The van der Waals surface area contributed by atoms with Crippen molar-refractivity contribution in [3.05, 3.63) is 24.3 Å². The van der Waals surface area contributed by atoms with E-state index >= 15 is 0 Å². The van der Waals surface area contributed by atoms with E-state index in [1.54, 1.807) is 0 Å². The SMILES string of the molecule is C=C1C[C@@H]2[C@H](/C=C/C(O[Si](C)(C)C(C)(C)C)C(C)(C)CCCC)[C@H](O[Si](C)(C)C(C)(C)C)C[C@@H]2C1O. The van der Waals surface area contributed by atoms with Crippen LogP contribution in [0.2, 0.25) is 36.3 Å². The summed E-state index contributed by atoms with van der Waals surface area (Å²) in [5.41, 5.74) is 1.07. The maximum Gasteiger partial charge on any atom is 0.192 e. The Morgan fingerprint density at radius 2 is 1.53 bits per heavy atom. The van der Waals surface area contributed by atoms with Gasteiger partial charge in [-0.2, -0.15) is 0 Å². The minimum atomic E-state index is -1.95. The Hall–Kier alpha value is -0.206. The first-order chi connectivity index (χ1) is 16.1. The molecule has 0 aromatic carbocycles. The van der Waals surface area contributed by atoms with Gasteiger partial charge in [0.2, 0.25) is 0 Å². The monoisotopic (exact) mass is 536 g/mol. The predicted octanol–water partition coefficient (Wildman–Crippen LogP) is 9.11. The second-order valence-corrected chi connectivity index (χ2v) is 25.2. The van der Waals surface area contributed by atoms with E-state index in [0.717, 1.165) is 24.8 Å². The molecule has 0 aliphatic heterocycles. The van der Waals surface area contributed by atoms with E-state index in [-0.39, 0.29) is 39.7 Å². The van der Waals surface area contributed by atoms with E-state index in [9.17, 15) is 5.11 Å². The van der Waals surface area contributed by atoms with Gasteiger partial charge in [-0.25, -0.2) is 0 Å². The molecule has 0 heterocycles. The number of hydrogen-bond donors (Lipinski definition) is 1. The number of aliphatic hydroxyl groups is 1.